The largest absolute Gasteiger partial charge is 0.358 e. The topological polar surface area (TPSA) is 32.3 Å². The fourth-order valence-corrected chi connectivity index (χ4v) is 2.97. The van der Waals surface area contributed by atoms with E-state index in [4.69, 9.17) is 0 Å². The molecule has 0 saturated heterocycles. The van der Waals surface area contributed by atoms with E-state index < -0.39 is 0 Å². The second kappa shape index (κ2) is 8.86. The maximum Gasteiger partial charge on any atom is 0.240 e. The number of hydrogen-bond donors (Lipinski definition) is 1. The Hall–Kier alpha value is -3.07. The summed E-state index contributed by atoms with van der Waals surface area (Å²) in [5.41, 5.74) is 3.33. The van der Waals surface area contributed by atoms with Crippen molar-refractivity contribution in [2.24, 2.45) is 0 Å². The van der Waals surface area contributed by atoms with Gasteiger partial charge in [-0.2, -0.15) is 0 Å². The second-order valence-corrected chi connectivity index (χ2v) is 6.38. The predicted octanol–water partition coefficient (Wildman–Crippen LogP) is 4.57. The zero-order chi connectivity index (χ0) is 18.2. The van der Waals surface area contributed by atoms with Crippen LogP contribution in [0, 0.1) is 0 Å². The van der Waals surface area contributed by atoms with E-state index in [1.165, 1.54) is 5.56 Å². The highest BCUT2D eigenvalue weighted by atomic mass is 16.2. The van der Waals surface area contributed by atoms with Gasteiger partial charge in [0.25, 0.3) is 0 Å². The second-order valence-electron chi connectivity index (χ2n) is 6.38. The molecule has 0 saturated carbocycles. The highest BCUT2D eigenvalue weighted by Crippen LogP contribution is 2.17. The van der Waals surface area contributed by atoms with Crippen LogP contribution in [-0.2, 0) is 11.3 Å². The minimum atomic E-state index is -0.0157. The normalized spacial score (nSPS) is 11.6. The van der Waals surface area contributed by atoms with Gasteiger partial charge in [-0.3, -0.25) is 4.79 Å². The zero-order valence-electron chi connectivity index (χ0n) is 15.0. The van der Waals surface area contributed by atoms with Gasteiger partial charge in [0.2, 0.25) is 5.91 Å². The van der Waals surface area contributed by atoms with Crippen molar-refractivity contribution in [2.75, 3.05) is 11.4 Å². The third-order valence-electron chi connectivity index (χ3n) is 4.35. The average Bonchev–Trinajstić information content (AvgIpc) is 2.69. The molecule has 3 aromatic carbocycles. The average molecular weight is 344 g/mol. The molecular weight excluding hydrogens is 320 g/mol. The van der Waals surface area contributed by atoms with Crippen LogP contribution in [0.5, 0.6) is 0 Å². The molecule has 3 aromatic rings. The number of nitrogens with zero attached hydrogens (tertiary/aromatic N) is 1. The number of carbonyl (C=O) groups excluding carboxylic acids is 1. The van der Waals surface area contributed by atoms with Crippen LogP contribution >= 0.6 is 0 Å². The zero-order valence-corrected chi connectivity index (χ0v) is 15.0. The van der Waals surface area contributed by atoms with Gasteiger partial charge in [0.1, 0.15) is 0 Å². The highest BCUT2D eigenvalue weighted by molar-refractivity contribution is 5.81. The Labute approximate surface area is 155 Å². The third-order valence-corrected chi connectivity index (χ3v) is 4.35. The Morgan fingerprint density at radius 2 is 1.38 bits per heavy atom. The smallest absolute Gasteiger partial charge is 0.240 e. The minimum Gasteiger partial charge on any atom is -0.358 e. The molecule has 3 heteroatoms. The Morgan fingerprint density at radius 1 is 0.846 bits per heavy atom. The lowest BCUT2D eigenvalue weighted by Gasteiger charge is -2.25. The first-order valence-electron chi connectivity index (χ1n) is 8.90. The van der Waals surface area contributed by atoms with Crippen LogP contribution in [-0.4, -0.2) is 12.5 Å². The summed E-state index contributed by atoms with van der Waals surface area (Å²) in [7, 11) is 0. The van der Waals surface area contributed by atoms with Crippen molar-refractivity contribution in [3.05, 3.63) is 102 Å². The van der Waals surface area contributed by atoms with Gasteiger partial charge in [0.15, 0.2) is 0 Å². The van der Waals surface area contributed by atoms with Crippen molar-refractivity contribution < 1.29 is 4.79 Å². The van der Waals surface area contributed by atoms with Gasteiger partial charge in [0, 0.05) is 12.2 Å². The summed E-state index contributed by atoms with van der Waals surface area (Å²) in [6.07, 6.45) is 0. The lowest BCUT2D eigenvalue weighted by molar-refractivity contribution is -0.120. The van der Waals surface area contributed by atoms with Crippen LogP contribution in [0.2, 0.25) is 0 Å². The van der Waals surface area contributed by atoms with Gasteiger partial charge in [0.05, 0.1) is 12.6 Å². The van der Waals surface area contributed by atoms with Crippen molar-refractivity contribution in [1.82, 2.24) is 5.32 Å². The molecule has 0 fully saturated rings. The maximum absolute atomic E-state index is 12.6. The molecule has 0 radical (unpaired) electrons. The fraction of sp³-hybridized carbons (Fsp3) is 0.174. The number of anilines is 1. The Bertz CT molecular complexity index is 803. The minimum absolute atomic E-state index is 0.0149. The van der Waals surface area contributed by atoms with E-state index in [0.29, 0.717) is 13.1 Å². The van der Waals surface area contributed by atoms with E-state index >= 15 is 0 Å². The number of para-hydroxylation sites is 1. The van der Waals surface area contributed by atoms with Gasteiger partial charge < -0.3 is 10.2 Å². The van der Waals surface area contributed by atoms with Gasteiger partial charge in [-0.15, -0.1) is 0 Å². The number of amides is 1. The summed E-state index contributed by atoms with van der Waals surface area (Å²) in [4.78, 5) is 14.7. The van der Waals surface area contributed by atoms with Gasteiger partial charge in [-0.1, -0.05) is 78.9 Å². The molecule has 26 heavy (non-hydrogen) atoms. The molecule has 3 rings (SSSR count). The Kier molecular flexibility index (Phi) is 6.05. The molecule has 0 bridgehead atoms. The molecule has 0 heterocycles. The number of benzene rings is 3. The molecule has 0 aliphatic rings. The lowest BCUT2D eigenvalue weighted by atomic mass is 10.1. The fourth-order valence-electron chi connectivity index (χ4n) is 2.97. The first kappa shape index (κ1) is 17.7. The summed E-state index contributed by atoms with van der Waals surface area (Å²) in [6, 6.07) is 30.3. The third kappa shape index (κ3) is 4.96. The summed E-state index contributed by atoms with van der Waals surface area (Å²) in [6.45, 7) is 3.02. The molecule has 3 nitrogen and oxygen atoms in total. The lowest BCUT2D eigenvalue weighted by Crippen LogP contribution is -2.38. The SMILES string of the molecule is CC(NC(=O)CN(Cc1ccccc1)c1ccccc1)c1ccccc1. The van der Waals surface area contributed by atoms with Crippen molar-refractivity contribution >= 4 is 11.6 Å². The van der Waals surface area contributed by atoms with Crippen molar-refractivity contribution in [3.8, 4) is 0 Å². The molecule has 0 aliphatic heterocycles. The number of rotatable bonds is 7. The molecule has 0 aromatic heterocycles. The first-order chi connectivity index (χ1) is 12.7. The first-order valence-corrected chi connectivity index (χ1v) is 8.90. The van der Waals surface area contributed by atoms with Crippen LogP contribution in [0.3, 0.4) is 0 Å². The van der Waals surface area contributed by atoms with Gasteiger partial charge in [-0.05, 0) is 30.2 Å². The predicted molar refractivity (Wildman–Crippen MR) is 107 cm³/mol. The van der Waals surface area contributed by atoms with E-state index in [2.05, 4.69) is 22.3 Å². The molecule has 0 aliphatic carbocycles. The quantitative estimate of drug-likeness (QED) is 0.681. The van der Waals surface area contributed by atoms with Crippen molar-refractivity contribution in [3.63, 3.8) is 0 Å². The van der Waals surface area contributed by atoms with Crippen LogP contribution in [0.25, 0.3) is 0 Å². The number of hydrogen-bond acceptors (Lipinski definition) is 2. The summed E-state index contributed by atoms with van der Waals surface area (Å²) in [5.74, 6) is 0.0149. The molecule has 1 unspecified atom stereocenters. The Morgan fingerprint density at radius 3 is 2.00 bits per heavy atom. The van der Waals surface area contributed by atoms with E-state index in [9.17, 15) is 4.79 Å². The van der Waals surface area contributed by atoms with Crippen LogP contribution < -0.4 is 10.2 Å². The monoisotopic (exact) mass is 344 g/mol. The van der Waals surface area contributed by atoms with Gasteiger partial charge >= 0.3 is 0 Å². The van der Waals surface area contributed by atoms with Crippen molar-refractivity contribution in [2.45, 2.75) is 19.5 Å². The van der Waals surface area contributed by atoms with Crippen molar-refractivity contribution in [1.29, 1.82) is 0 Å². The summed E-state index contributed by atoms with van der Waals surface area (Å²) >= 11 is 0. The van der Waals surface area contributed by atoms with E-state index in [1.54, 1.807) is 0 Å². The van der Waals surface area contributed by atoms with E-state index in [0.717, 1.165) is 11.3 Å². The number of nitrogens with one attached hydrogen (secondary N) is 1. The molecule has 1 N–H and O–H groups in total. The number of carbonyl (C=O) groups is 1. The molecular formula is C23H24N2O. The Balaban J connectivity index is 1.70. The highest BCUT2D eigenvalue weighted by Gasteiger charge is 2.14. The van der Waals surface area contributed by atoms with Gasteiger partial charge in [-0.25, -0.2) is 0 Å². The molecule has 1 amide bonds. The van der Waals surface area contributed by atoms with Crippen LogP contribution in [0.4, 0.5) is 5.69 Å². The van der Waals surface area contributed by atoms with E-state index in [-0.39, 0.29) is 11.9 Å². The molecule has 0 spiro atoms. The molecule has 132 valence electrons. The summed E-state index contributed by atoms with van der Waals surface area (Å²) in [5, 5.41) is 3.10. The van der Waals surface area contributed by atoms with Crippen LogP contribution in [0.15, 0.2) is 91.0 Å². The molecule has 1 atom stereocenters. The van der Waals surface area contributed by atoms with Crippen LogP contribution in [0.1, 0.15) is 24.1 Å². The summed E-state index contributed by atoms with van der Waals surface area (Å²) < 4.78 is 0. The van der Waals surface area contributed by atoms with E-state index in [1.807, 2.05) is 85.8 Å². The standard InChI is InChI=1S/C23H24N2O/c1-19(21-13-7-3-8-14-21)24-23(26)18-25(22-15-9-4-10-16-22)17-20-11-5-2-6-12-20/h2-16,19H,17-18H2,1H3,(H,24,26). The maximum atomic E-state index is 12.6.